The Bertz CT molecular complexity index is 2930. The molecule has 0 N–H and O–H groups in total. The zero-order valence-electron chi connectivity index (χ0n) is 25.1. The lowest BCUT2D eigenvalue weighted by molar-refractivity contribution is 1.16. The molecule has 0 atom stereocenters. The molecule has 4 heterocycles. The van der Waals surface area contributed by atoms with E-state index in [0.717, 1.165) is 49.8 Å². The lowest BCUT2D eigenvalue weighted by Gasteiger charge is -2.12. The van der Waals surface area contributed by atoms with Crippen LogP contribution in [-0.2, 0) is 0 Å². The van der Waals surface area contributed by atoms with Gasteiger partial charge in [0, 0.05) is 59.3 Å². The highest BCUT2D eigenvalue weighted by Crippen LogP contribution is 2.43. The van der Waals surface area contributed by atoms with Crippen LogP contribution in [0.1, 0.15) is 5.56 Å². The molecule has 5 heteroatoms. The molecule has 0 aliphatic heterocycles. The maximum absolute atomic E-state index is 9.58. The molecule has 6 aromatic carbocycles. The number of pyridine rings is 1. The van der Waals surface area contributed by atoms with E-state index in [4.69, 9.17) is 0 Å². The molecule has 0 fully saturated rings. The van der Waals surface area contributed by atoms with Gasteiger partial charge in [-0.25, -0.2) is 0 Å². The van der Waals surface area contributed by atoms with E-state index < -0.39 is 0 Å². The molecule has 10 aromatic rings. The first-order chi connectivity index (χ1) is 23.3. The fourth-order valence-corrected chi connectivity index (χ4v) is 8.64. The number of benzene rings is 6. The molecule has 0 amide bonds. The van der Waals surface area contributed by atoms with Crippen LogP contribution in [0.25, 0.3) is 86.3 Å². The number of nitrogens with zero attached hydrogens (tertiary/aromatic N) is 4. The van der Waals surface area contributed by atoms with Crippen LogP contribution in [0.2, 0.25) is 0 Å². The van der Waals surface area contributed by atoms with Gasteiger partial charge >= 0.3 is 0 Å². The van der Waals surface area contributed by atoms with Crippen LogP contribution in [-0.4, -0.2) is 14.1 Å². The van der Waals surface area contributed by atoms with Crippen LogP contribution >= 0.6 is 11.3 Å². The maximum Gasteiger partial charge on any atom is 0.0991 e. The third kappa shape index (κ3) is 3.77. The van der Waals surface area contributed by atoms with Crippen LogP contribution in [0.4, 0.5) is 0 Å². The molecule has 0 bridgehead atoms. The summed E-state index contributed by atoms with van der Waals surface area (Å²) in [6.07, 6.45) is 3.89. The van der Waals surface area contributed by atoms with E-state index in [9.17, 15) is 5.26 Å². The highest BCUT2D eigenvalue weighted by molar-refractivity contribution is 7.26. The van der Waals surface area contributed by atoms with Gasteiger partial charge in [-0.15, -0.1) is 11.3 Å². The molecule has 0 aliphatic rings. The van der Waals surface area contributed by atoms with Crippen LogP contribution in [0.3, 0.4) is 0 Å². The third-order valence-corrected chi connectivity index (χ3v) is 10.6. The lowest BCUT2D eigenvalue weighted by atomic mass is 10.0. The van der Waals surface area contributed by atoms with Crippen LogP contribution in [0.15, 0.2) is 146 Å². The van der Waals surface area contributed by atoms with E-state index in [1.807, 2.05) is 35.9 Å². The van der Waals surface area contributed by atoms with Gasteiger partial charge in [-0.05, 0) is 77.9 Å². The second-order valence-corrected chi connectivity index (χ2v) is 13.0. The first kappa shape index (κ1) is 26.0. The Morgan fingerprint density at radius 3 is 2.04 bits per heavy atom. The molecule has 0 radical (unpaired) electrons. The van der Waals surface area contributed by atoms with E-state index in [0.29, 0.717) is 5.56 Å². The largest absolute Gasteiger partial charge is 0.309 e. The van der Waals surface area contributed by atoms with Gasteiger partial charge in [0.1, 0.15) is 0 Å². The third-order valence-electron chi connectivity index (χ3n) is 9.42. The van der Waals surface area contributed by atoms with Crippen molar-refractivity contribution in [3.63, 3.8) is 0 Å². The molecule has 0 spiro atoms. The summed E-state index contributed by atoms with van der Waals surface area (Å²) in [5.74, 6) is 0. The van der Waals surface area contributed by atoms with Crippen molar-refractivity contribution < 1.29 is 0 Å². The first-order valence-electron chi connectivity index (χ1n) is 15.6. The summed E-state index contributed by atoms with van der Waals surface area (Å²) in [5, 5.41) is 16.9. The summed E-state index contributed by atoms with van der Waals surface area (Å²) in [6.45, 7) is 0. The van der Waals surface area contributed by atoms with Crippen molar-refractivity contribution in [2.45, 2.75) is 0 Å². The minimum absolute atomic E-state index is 0.666. The Labute approximate surface area is 273 Å². The van der Waals surface area contributed by atoms with Crippen molar-refractivity contribution in [3.8, 4) is 28.6 Å². The van der Waals surface area contributed by atoms with Crippen molar-refractivity contribution >= 4 is 75.1 Å². The molecule has 0 saturated carbocycles. The molecule has 218 valence electrons. The lowest BCUT2D eigenvalue weighted by Crippen LogP contribution is -1.96. The zero-order chi connectivity index (χ0) is 31.1. The molecule has 4 aromatic heterocycles. The number of hydrogen-bond acceptors (Lipinski definition) is 3. The molecular weight excluding hydrogens is 593 g/mol. The SMILES string of the molecule is N#Cc1ccc2c(c1)c1ccccc1n2-c1cccc(-c2cccc(-n3c4cnccc4c4c5sc6ccccc6c5ccc43)c2)c1. The fraction of sp³-hybridized carbons (Fsp3) is 0. The second-order valence-electron chi connectivity index (χ2n) is 12.0. The number of fused-ring (bicyclic) bond motifs is 10. The van der Waals surface area contributed by atoms with Crippen molar-refractivity contribution in [2.75, 3.05) is 0 Å². The molecule has 10 rings (SSSR count). The van der Waals surface area contributed by atoms with Crippen LogP contribution in [0, 0.1) is 11.3 Å². The number of hydrogen-bond donors (Lipinski definition) is 0. The Morgan fingerprint density at radius 1 is 0.532 bits per heavy atom. The molecule has 0 unspecified atom stereocenters. The second kappa shape index (κ2) is 9.89. The minimum atomic E-state index is 0.666. The number of nitriles is 1. The number of para-hydroxylation sites is 1. The van der Waals surface area contributed by atoms with Gasteiger partial charge in [-0.2, -0.15) is 5.26 Å². The predicted octanol–water partition coefficient (Wildman–Crippen LogP) is 11.2. The predicted molar refractivity (Wildman–Crippen MR) is 196 cm³/mol. The Balaban J connectivity index is 1.16. The van der Waals surface area contributed by atoms with E-state index >= 15 is 0 Å². The summed E-state index contributed by atoms with van der Waals surface area (Å²) in [4.78, 5) is 4.56. The summed E-state index contributed by atoms with van der Waals surface area (Å²) in [7, 11) is 0. The van der Waals surface area contributed by atoms with E-state index in [-0.39, 0.29) is 0 Å². The van der Waals surface area contributed by atoms with Gasteiger partial charge in [-0.1, -0.05) is 66.7 Å². The minimum Gasteiger partial charge on any atom is -0.309 e. The summed E-state index contributed by atoms with van der Waals surface area (Å²) in [5.41, 5.74) is 9.60. The van der Waals surface area contributed by atoms with Gasteiger partial charge in [0.05, 0.1) is 39.9 Å². The smallest absolute Gasteiger partial charge is 0.0991 e. The van der Waals surface area contributed by atoms with Crippen molar-refractivity contribution in [1.82, 2.24) is 14.1 Å². The number of rotatable bonds is 3. The summed E-state index contributed by atoms with van der Waals surface area (Å²) < 4.78 is 7.28. The van der Waals surface area contributed by atoms with Gasteiger partial charge < -0.3 is 9.13 Å². The first-order valence-corrected chi connectivity index (χ1v) is 16.4. The summed E-state index contributed by atoms with van der Waals surface area (Å²) >= 11 is 1.87. The van der Waals surface area contributed by atoms with E-state index in [1.165, 1.54) is 36.5 Å². The molecule has 0 aliphatic carbocycles. The number of thiophene rings is 1. The van der Waals surface area contributed by atoms with Gasteiger partial charge in [0.2, 0.25) is 0 Å². The average molecular weight is 617 g/mol. The standard InChI is InChI=1S/C42H24N4S/c43-24-26-15-17-37-35(21-26)31-11-1-3-13-36(31)45(37)29-9-5-7-27(22-29)28-8-6-10-30(23-28)46-38-18-16-33-32-12-2-4-14-40(32)47-42(33)41(38)34-19-20-44-25-39(34)46/h1-23,25H. The highest BCUT2D eigenvalue weighted by Gasteiger charge is 2.18. The molecule has 0 saturated heterocycles. The number of aromatic nitrogens is 3. The highest BCUT2D eigenvalue weighted by atomic mass is 32.1. The maximum atomic E-state index is 9.58. The van der Waals surface area contributed by atoms with Crippen molar-refractivity contribution in [1.29, 1.82) is 5.26 Å². The van der Waals surface area contributed by atoms with E-state index in [2.05, 4.69) is 142 Å². The monoisotopic (exact) mass is 616 g/mol. The Kier molecular flexibility index (Phi) is 5.48. The van der Waals surface area contributed by atoms with Crippen LogP contribution < -0.4 is 0 Å². The van der Waals surface area contributed by atoms with E-state index in [1.54, 1.807) is 0 Å². The quantitative estimate of drug-likeness (QED) is 0.198. The van der Waals surface area contributed by atoms with Crippen molar-refractivity contribution in [2.24, 2.45) is 0 Å². The Hall–Kier alpha value is -6.22. The summed E-state index contributed by atoms with van der Waals surface area (Å²) in [6, 6.07) is 49.6. The molecule has 47 heavy (non-hydrogen) atoms. The van der Waals surface area contributed by atoms with Gasteiger partial charge in [-0.3, -0.25) is 4.98 Å². The van der Waals surface area contributed by atoms with Gasteiger partial charge in [0.25, 0.3) is 0 Å². The molecular formula is C42H24N4S. The topological polar surface area (TPSA) is 46.5 Å². The van der Waals surface area contributed by atoms with Gasteiger partial charge in [0.15, 0.2) is 0 Å². The van der Waals surface area contributed by atoms with Crippen LogP contribution in [0.5, 0.6) is 0 Å². The zero-order valence-corrected chi connectivity index (χ0v) is 25.9. The van der Waals surface area contributed by atoms with Crippen molar-refractivity contribution in [3.05, 3.63) is 151 Å². The fourth-order valence-electron chi connectivity index (χ4n) is 7.38. The molecule has 4 nitrogen and oxygen atoms in total. The normalized spacial score (nSPS) is 11.8. The Morgan fingerprint density at radius 2 is 1.23 bits per heavy atom. The average Bonchev–Trinajstić information content (AvgIpc) is 3.79.